The topological polar surface area (TPSA) is 33.1 Å². The van der Waals surface area contributed by atoms with Gasteiger partial charge < -0.3 is 5.11 Å². The second-order valence-corrected chi connectivity index (χ2v) is 5.56. The Morgan fingerprint density at radius 1 is 1.41 bits per heavy atom. The van der Waals surface area contributed by atoms with Crippen LogP contribution >= 0.6 is 34.5 Å². The highest BCUT2D eigenvalue weighted by Crippen LogP contribution is 2.28. The first-order valence-electron chi connectivity index (χ1n) is 4.79. The first-order valence-corrected chi connectivity index (χ1v) is 6.36. The lowest BCUT2D eigenvalue weighted by molar-refractivity contribution is 0.178. The van der Waals surface area contributed by atoms with Gasteiger partial charge in [0.2, 0.25) is 0 Å². The summed E-state index contributed by atoms with van der Waals surface area (Å²) in [6.45, 7) is 0. The molecule has 2 aromatic rings. The van der Waals surface area contributed by atoms with E-state index in [1.165, 1.54) is 29.7 Å². The highest BCUT2D eigenvalue weighted by atomic mass is 35.5. The number of aromatic nitrogens is 1. The quantitative estimate of drug-likeness (QED) is 0.931. The van der Waals surface area contributed by atoms with Crippen molar-refractivity contribution in [1.29, 1.82) is 0 Å². The fourth-order valence-corrected chi connectivity index (χ4v) is 2.56. The van der Waals surface area contributed by atoms with E-state index in [0.29, 0.717) is 19.9 Å². The van der Waals surface area contributed by atoms with Crippen molar-refractivity contribution in [2.75, 3.05) is 0 Å². The van der Waals surface area contributed by atoms with Gasteiger partial charge in [-0.2, -0.15) is 0 Å². The van der Waals surface area contributed by atoms with E-state index in [2.05, 4.69) is 4.98 Å². The Hall–Kier alpha value is -0.680. The average molecular weight is 292 g/mol. The molecule has 1 aromatic heterocycles. The number of nitrogens with zero attached hydrogens (tertiary/aromatic N) is 1. The van der Waals surface area contributed by atoms with Gasteiger partial charge in [0.05, 0.1) is 6.20 Å². The molecule has 0 spiro atoms. The summed E-state index contributed by atoms with van der Waals surface area (Å²) in [5, 5.41) is 10.7. The van der Waals surface area contributed by atoms with Crippen LogP contribution in [0.3, 0.4) is 0 Å². The monoisotopic (exact) mass is 291 g/mol. The van der Waals surface area contributed by atoms with Gasteiger partial charge >= 0.3 is 0 Å². The molecule has 0 aliphatic heterocycles. The Morgan fingerprint density at radius 3 is 2.76 bits per heavy atom. The molecule has 1 N–H and O–H groups in total. The zero-order chi connectivity index (χ0) is 12.4. The minimum absolute atomic E-state index is 0.281. The van der Waals surface area contributed by atoms with Crippen LogP contribution in [0.1, 0.15) is 16.7 Å². The van der Waals surface area contributed by atoms with Gasteiger partial charge in [0.1, 0.15) is 21.3 Å². The van der Waals surface area contributed by atoms with Crippen molar-refractivity contribution in [3.63, 3.8) is 0 Å². The number of rotatable bonds is 3. The van der Waals surface area contributed by atoms with E-state index in [4.69, 9.17) is 23.2 Å². The predicted octanol–water partition coefficient (Wildman–Crippen LogP) is 3.87. The van der Waals surface area contributed by atoms with E-state index in [1.54, 1.807) is 6.07 Å². The molecule has 0 aliphatic rings. The van der Waals surface area contributed by atoms with Crippen LogP contribution in [0.5, 0.6) is 0 Å². The van der Waals surface area contributed by atoms with Crippen molar-refractivity contribution in [3.8, 4) is 0 Å². The van der Waals surface area contributed by atoms with E-state index in [9.17, 15) is 9.50 Å². The van der Waals surface area contributed by atoms with Crippen LogP contribution < -0.4 is 0 Å². The Labute approximate surface area is 112 Å². The number of benzene rings is 1. The van der Waals surface area contributed by atoms with Crippen molar-refractivity contribution in [2.45, 2.75) is 12.5 Å². The largest absolute Gasteiger partial charge is 0.386 e. The Morgan fingerprint density at radius 2 is 2.18 bits per heavy atom. The van der Waals surface area contributed by atoms with E-state index in [0.717, 1.165) is 0 Å². The fourth-order valence-electron chi connectivity index (χ4n) is 1.40. The molecule has 6 heteroatoms. The van der Waals surface area contributed by atoms with Crippen molar-refractivity contribution in [2.24, 2.45) is 0 Å². The molecule has 1 unspecified atom stereocenters. The van der Waals surface area contributed by atoms with Crippen molar-refractivity contribution >= 4 is 34.5 Å². The second-order valence-electron chi connectivity index (χ2n) is 3.46. The van der Waals surface area contributed by atoms with Crippen LogP contribution in [0.4, 0.5) is 4.39 Å². The minimum Gasteiger partial charge on any atom is -0.386 e. The molecule has 0 amide bonds. The molecule has 0 bridgehead atoms. The zero-order valence-corrected chi connectivity index (χ0v) is 10.9. The van der Waals surface area contributed by atoms with E-state index < -0.39 is 11.9 Å². The molecule has 0 aliphatic carbocycles. The summed E-state index contributed by atoms with van der Waals surface area (Å²) >= 11 is 12.8. The molecular formula is C11H8Cl2FNOS. The van der Waals surface area contributed by atoms with Crippen molar-refractivity contribution in [3.05, 3.63) is 50.1 Å². The van der Waals surface area contributed by atoms with Gasteiger partial charge in [-0.1, -0.05) is 29.3 Å². The Kier molecular flexibility index (Phi) is 3.99. The number of halogens is 3. The summed E-state index contributed by atoms with van der Waals surface area (Å²) in [5.74, 6) is -0.398. The van der Waals surface area contributed by atoms with Gasteiger partial charge in [-0.15, -0.1) is 11.3 Å². The summed E-state index contributed by atoms with van der Waals surface area (Å²) in [4.78, 5) is 3.98. The average Bonchev–Trinajstić information content (AvgIpc) is 2.69. The van der Waals surface area contributed by atoms with Crippen LogP contribution in [-0.4, -0.2) is 10.1 Å². The number of aliphatic hydroxyl groups excluding tert-OH is 1. The molecule has 0 saturated heterocycles. The van der Waals surface area contributed by atoms with Crippen LogP contribution in [-0.2, 0) is 6.42 Å². The molecule has 0 fully saturated rings. The zero-order valence-electron chi connectivity index (χ0n) is 8.53. The van der Waals surface area contributed by atoms with Crippen molar-refractivity contribution in [1.82, 2.24) is 4.98 Å². The van der Waals surface area contributed by atoms with Crippen LogP contribution in [0.2, 0.25) is 9.36 Å². The predicted molar refractivity (Wildman–Crippen MR) is 67.2 cm³/mol. The van der Waals surface area contributed by atoms with Gasteiger partial charge in [0.15, 0.2) is 0 Å². The Balaban J connectivity index is 2.15. The highest BCUT2D eigenvalue weighted by Gasteiger charge is 2.14. The molecule has 2 rings (SSSR count). The van der Waals surface area contributed by atoms with Crippen LogP contribution in [0.15, 0.2) is 24.4 Å². The normalized spacial score (nSPS) is 12.7. The summed E-state index contributed by atoms with van der Waals surface area (Å²) in [6, 6.07) is 4.08. The second kappa shape index (κ2) is 5.31. The first kappa shape index (κ1) is 12.8. The number of hydrogen-bond donors (Lipinski definition) is 1. The molecule has 0 radical (unpaired) electrons. The third-order valence-corrected chi connectivity index (χ3v) is 3.78. The third-order valence-electron chi connectivity index (χ3n) is 2.21. The molecule has 90 valence electrons. The fraction of sp³-hybridized carbons (Fsp3) is 0.182. The van der Waals surface area contributed by atoms with Gasteiger partial charge in [-0.25, -0.2) is 9.37 Å². The molecule has 2 nitrogen and oxygen atoms in total. The maximum atomic E-state index is 12.8. The van der Waals surface area contributed by atoms with E-state index in [-0.39, 0.29) is 6.42 Å². The molecular weight excluding hydrogens is 284 g/mol. The molecule has 1 aromatic carbocycles. The summed E-state index contributed by atoms with van der Waals surface area (Å²) in [7, 11) is 0. The Bertz CT molecular complexity index is 532. The molecule has 1 atom stereocenters. The number of aliphatic hydroxyl groups is 1. The van der Waals surface area contributed by atoms with Crippen molar-refractivity contribution < 1.29 is 9.50 Å². The van der Waals surface area contributed by atoms with Gasteiger partial charge in [0.25, 0.3) is 0 Å². The summed E-state index contributed by atoms with van der Waals surface area (Å²) in [5.41, 5.74) is 0.673. The van der Waals surface area contributed by atoms with Crippen LogP contribution in [0.25, 0.3) is 0 Å². The van der Waals surface area contributed by atoms with Gasteiger partial charge in [-0.05, 0) is 17.7 Å². The van der Waals surface area contributed by atoms with Gasteiger partial charge in [0, 0.05) is 11.4 Å². The number of thiazole rings is 1. The maximum Gasteiger partial charge on any atom is 0.124 e. The van der Waals surface area contributed by atoms with E-state index >= 15 is 0 Å². The van der Waals surface area contributed by atoms with Crippen LogP contribution in [0, 0.1) is 5.82 Å². The SMILES string of the molecule is OC(Cc1ccc(F)cc1Cl)c1ncc(Cl)s1. The lowest BCUT2D eigenvalue weighted by Crippen LogP contribution is -2.01. The van der Waals surface area contributed by atoms with Gasteiger partial charge in [-0.3, -0.25) is 0 Å². The lowest BCUT2D eigenvalue weighted by atomic mass is 10.1. The molecule has 0 saturated carbocycles. The summed E-state index contributed by atoms with van der Waals surface area (Å²) < 4.78 is 13.4. The lowest BCUT2D eigenvalue weighted by Gasteiger charge is -2.08. The highest BCUT2D eigenvalue weighted by molar-refractivity contribution is 7.15. The molecule has 1 heterocycles. The summed E-state index contributed by atoms with van der Waals surface area (Å²) in [6.07, 6.45) is 0.982. The third kappa shape index (κ3) is 3.16. The van der Waals surface area contributed by atoms with E-state index in [1.807, 2.05) is 0 Å². The molecule has 17 heavy (non-hydrogen) atoms. The number of hydrogen-bond acceptors (Lipinski definition) is 3. The first-order chi connectivity index (χ1) is 8.06. The maximum absolute atomic E-state index is 12.8. The standard InChI is InChI=1S/C11H8Cl2FNOS/c12-8-4-7(14)2-1-6(8)3-9(16)11-15-5-10(13)17-11/h1-2,4-5,9,16H,3H2. The minimum atomic E-state index is -0.782. The smallest absolute Gasteiger partial charge is 0.124 e.